The highest BCUT2D eigenvalue weighted by atomic mass is 15.1. The van der Waals surface area contributed by atoms with Gasteiger partial charge in [0, 0.05) is 27.8 Å². The molecule has 0 aromatic heterocycles. The predicted molar refractivity (Wildman–Crippen MR) is 219 cm³/mol. The van der Waals surface area contributed by atoms with Crippen LogP contribution in [0, 0.1) is 27.7 Å². The lowest BCUT2D eigenvalue weighted by atomic mass is 9.79. The van der Waals surface area contributed by atoms with Gasteiger partial charge >= 0.3 is 0 Å². The molecule has 6 aromatic rings. The molecule has 1 heteroatoms. The van der Waals surface area contributed by atoms with Crippen LogP contribution in [0.4, 0.5) is 17.1 Å². The highest BCUT2D eigenvalue weighted by Gasteiger charge is 2.40. The number of fused-ring (bicyclic) bond motifs is 6. The van der Waals surface area contributed by atoms with E-state index in [0.717, 1.165) is 0 Å². The molecule has 51 heavy (non-hydrogen) atoms. The van der Waals surface area contributed by atoms with Crippen LogP contribution in [0.2, 0.25) is 0 Å². The summed E-state index contributed by atoms with van der Waals surface area (Å²) in [5.41, 5.74) is 23.6. The molecule has 256 valence electrons. The summed E-state index contributed by atoms with van der Waals surface area (Å²) in [4.78, 5) is 2.56. The van der Waals surface area contributed by atoms with Gasteiger partial charge in [-0.3, -0.25) is 0 Å². The predicted octanol–water partition coefficient (Wildman–Crippen LogP) is 14.0. The molecular formula is C50H51N. The van der Waals surface area contributed by atoms with Crippen LogP contribution in [0.25, 0.3) is 33.4 Å². The average Bonchev–Trinajstić information content (AvgIpc) is 3.44. The Morgan fingerprint density at radius 2 is 1.02 bits per heavy atom. The van der Waals surface area contributed by atoms with Crippen molar-refractivity contribution in [1.29, 1.82) is 0 Å². The van der Waals surface area contributed by atoms with Crippen LogP contribution >= 0.6 is 0 Å². The normalized spacial score (nSPS) is 14.9. The van der Waals surface area contributed by atoms with Gasteiger partial charge in [-0.05, 0) is 130 Å². The smallest absolute Gasteiger partial charge is 0.0569 e. The lowest BCUT2D eigenvalue weighted by Gasteiger charge is -2.32. The van der Waals surface area contributed by atoms with Crippen molar-refractivity contribution >= 4 is 17.1 Å². The second kappa shape index (κ2) is 11.3. The van der Waals surface area contributed by atoms with Crippen molar-refractivity contribution in [1.82, 2.24) is 0 Å². The Labute approximate surface area is 306 Å². The Hall–Kier alpha value is -4.88. The van der Waals surface area contributed by atoms with Gasteiger partial charge < -0.3 is 4.90 Å². The molecule has 0 saturated heterocycles. The Morgan fingerprint density at radius 3 is 1.71 bits per heavy atom. The maximum Gasteiger partial charge on any atom is 0.0569 e. The number of hydrogen-bond donors (Lipinski definition) is 0. The largest absolute Gasteiger partial charge is 0.310 e. The molecule has 0 amide bonds. The van der Waals surface area contributed by atoms with Crippen LogP contribution in [0.5, 0.6) is 0 Å². The zero-order valence-corrected chi connectivity index (χ0v) is 32.3. The van der Waals surface area contributed by atoms with Gasteiger partial charge in [0.2, 0.25) is 0 Å². The van der Waals surface area contributed by atoms with E-state index in [1.807, 2.05) is 0 Å². The average molecular weight is 666 g/mol. The number of aryl methyl sites for hydroxylation is 4. The van der Waals surface area contributed by atoms with Gasteiger partial charge in [-0.15, -0.1) is 0 Å². The minimum Gasteiger partial charge on any atom is -0.310 e. The molecule has 2 aliphatic rings. The third-order valence-electron chi connectivity index (χ3n) is 11.9. The maximum absolute atomic E-state index is 2.56. The van der Waals surface area contributed by atoms with E-state index in [4.69, 9.17) is 0 Å². The van der Waals surface area contributed by atoms with Crippen LogP contribution in [0.3, 0.4) is 0 Å². The SMILES string of the molecule is Cc1ccc(-c2cc(C)cc(C)c2N(c2ccc3c(c2)C(C)(C)c2ccccc2-3)c2ccc3c(c2)C(C)(C)c2cccc(C(C)(C)C)c2-3)c(C)c1. The lowest BCUT2D eigenvalue weighted by molar-refractivity contribution is 0.589. The number of anilines is 3. The fourth-order valence-corrected chi connectivity index (χ4v) is 9.36. The fourth-order valence-electron chi connectivity index (χ4n) is 9.36. The summed E-state index contributed by atoms with van der Waals surface area (Å²) in [5.74, 6) is 0. The molecule has 1 nitrogen and oxygen atoms in total. The lowest BCUT2D eigenvalue weighted by Crippen LogP contribution is -2.19. The van der Waals surface area contributed by atoms with Crippen molar-refractivity contribution < 1.29 is 0 Å². The minimum atomic E-state index is -0.131. The molecule has 0 radical (unpaired) electrons. The highest BCUT2D eigenvalue weighted by Crippen LogP contribution is 2.55. The van der Waals surface area contributed by atoms with Gasteiger partial charge in [-0.1, -0.05) is 138 Å². The molecule has 6 aromatic carbocycles. The van der Waals surface area contributed by atoms with Gasteiger partial charge in [0.25, 0.3) is 0 Å². The number of benzene rings is 6. The van der Waals surface area contributed by atoms with E-state index >= 15 is 0 Å². The monoisotopic (exact) mass is 665 g/mol. The summed E-state index contributed by atoms with van der Waals surface area (Å²) in [5, 5.41) is 0. The van der Waals surface area contributed by atoms with Crippen LogP contribution < -0.4 is 4.90 Å². The zero-order valence-electron chi connectivity index (χ0n) is 32.3. The van der Waals surface area contributed by atoms with Crippen molar-refractivity contribution in [2.24, 2.45) is 0 Å². The van der Waals surface area contributed by atoms with E-state index in [0.29, 0.717) is 0 Å². The van der Waals surface area contributed by atoms with Gasteiger partial charge in [0.15, 0.2) is 0 Å². The van der Waals surface area contributed by atoms with Crippen molar-refractivity contribution in [2.75, 3.05) is 4.90 Å². The summed E-state index contributed by atoms with van der Waals surface area (Å²) in [6.07, 6.45) is 0. The molecule has 0 N–H and O–H groups in total. The first-order valence-electron chi connectivity index (χ1n) is 18.6. The Balaban J connectivity index is 1.41. The first-order valence-corrected chi connectivity index (χ1v) is 18.6. The number of hydrogen-bond acceptors (Lipinski definition) is 1. The molecule has 0 spiro atoms. The third kappa shape index (κ3) is 5.03. The molecule has 0 heterocycles. The topological polar surface area (TPSA) is 3.24 Å². The number of nitrogens with zero attached hydrogens (tertiary/aromatic N) is 1. The summed E-state index contributed by atoms with van der Waals surface area (Å²) in [7, 11) is 0. The second-order valence-corrected chi connectivity index (χ2v) is 17.4. The van der Waals surface area contributed by atoms with Crippen LogP contribution in [0.15, 0.2) is 109 Å². The van der Waals surface area contributed by atoms with Crippen LogP contribution in [-0.4, -0.2) is 0 Å². The summed E-state index contributed by atoms with van der Waals surface area (Å²) < 4.78 is 0. The van der Waals surface area contributed by atoms with E-state index in [1.54, 1.807) is 0 Å². The van der Waals surface area contributed by atoms with Gasteiger partial charge in [-0.2, -0.15) is 0 Å². The first kappa shape index (κ1) is 33.3. The van der Waals surface area contributed by atoms with Crippen molar-refractivity contribution in [3.63, 3.8) is 0 Å². The molecule has 0 unspecified atom stereocenters. The van der Waals surface area contributed by atoms with Gasteiger partial charge in [0.05, 0.1) is 5.69 Å². The van der Waals surface area contributed by atoms with Gasteiger partial charge in [-0.25, -0.2) is 0 Å². The van der Waals surface area contributed by atoms with E-state index in [-0.39, 0.29) is 16.2 Å². The molecule has 0 aliphatic heterocycles. The van der Waals surface area contributed by atoms with E-state index < -0.39 is 0 Å². The Morgan fingerprint density at radius 1 is 0.451 bits per heavy atom. The fraction of sp³-hybridized carbons (Fsp3) is 0.280. The van der Waals surface area contributed by atoms with Crippen molar-refractivity contribution in [3.8, 4) is 33.4 Å². The maximum atomic E-state index is 2.56. The number of rotatable bonds is 4. The van der Waals surface area contributed by atoms with E-state index in [2.05, 4.69) is 190 Å². The summed E-state index contributed by atoms with van der Waals surface area (Å²) >= 11 is 0. The van der Waals surface area contributed by atoms with E-state index in [1.165, 1.54) is 101 Å². The van der Waals surface area contributed by atoms with Crippen LogP contribution in [0.1, 0.15) is 98.5 Å². The molecule has 2 aliphatic carbocycles. The molecule has 8 rings (SSSR count). The molecule has 0 saturated carbocycles. The molecule has 0 bridgehead atoms. The summed E-state index contributed by atoms with van der Waals surface area (Å²) in [6.45, 7) is 25.6. The molecule has 0 fully saturated rings. The summed E-state index contributed by atoms with van der Waals surface area (Å²) in [6, 6.07) is 42.0. The zero-order chi connectivity index (χ0) is 36.2. The van der Waals surface area contributed by atoms with E-state index in [9.17, 15) is 0 Å². The highest BCUT2D eigenvalue weighted by molar-refractivity contribution is 5.94. The van der Waals surface area contributed by atoms with Crippen molar-refractivity contribution in [2.45, 2.75) is 92.4 Å². The Bertz CT molecular complexity index is 2390. The molecule has 0 atom stereocenters. The van der Waals surface area contributed by atoms with Crippen LogP contribution in [-0.2, 0) is 16.2 Å². The first-order chi connectivity index (χ1) is 24.1. The third-order valence-corrected chi connectivity index (χ3v) is 11.9. The standard InChI is InChI=1S/C50H51N/c1-30-19-22-36(32(3)25-30)40-27-31(2)26-33(4)47(40)51(34-20-23-38-37-15-12-13-16-41(37)49(8,9)44(38)28-34)35-21-24-39-45(29-35)50(10,11)43-18-14-17-42(46(39)43)48(5,6)7/h12-29H,1-11H3. The quantitative estimate of drug-likeness (QED) is 0.181. The molecular weight excluding hydrogens is 615 g/mol. The van der Waals surface area contributed by atoms with Gasteiger partial charge in [0.1, 0.15) is 0 Å². The minimum absolute atomic E-state index is 0.0440. The van der Waals surface area contributed by atoms with Crippen molar-refractivity contribution in [3.05, 3.63) is 159 Å². The second-order valence-electron chi connectivity index (χ2n) is 17.4. The Kier molecular flexibility index (Phi) is 7.38.